The fourth-order valence-electron chi connectivity index (χ4n) is 0.862. The summed E-state index contributed by atoms with van der Waals surface area (Å²) in [6.07, 6.45) is 8.11. The van der Waals surface area contributed by atoms with Gasteiger partial charge in [0, 0.05) is 13.0 Å². The minimum atomic E-state index is 0.280. The lowest BCUT2D eigenvalue weighted by Gasteiger charge is -1.95. The maximum atomic E-state index is 8.59. The van der Waals surface area contributed by atoms with E-state index in [0.29, 0.717) is 0 Å². The minimum absolute atomic E-state index is 0.280. The number of allylic oxidation sites excluding steroid dienone is 1. The van der Waals surface area contributed by atoms with Crippen LogP contribution in [-0.2, 0) is 0 Å². The molecule has 0 bridgehead atoms. The van der Waals surface area contributed by atoms with Crippen molar-refractivity contribution in [3.63, 3.8) is 0 Å². The summed E-state index contributed by atoms with van der Waals surface area (Å²) >= 11 is 2.29. The number of aliphatic hydroxyl groups is 1. The van der Waals surface area contributed by atoms with Gasteiger partial charge >= 0.3 is 0 Å². The Morgan fingerprint density at radius 1 is 1.45 bits per heavy atom. The highest BCUT2D eigenvalue weighted by Crippen LogP contribution is 2.12. The van der Waals surface area contributed by atoms with Crippen LogP contribution in [0.4, 0.5) is 0 Å². The van der Waals surface area contributed by atoms with E-state index in [2.05, 4.69) is 35.6 Å². The van der Waals surface area contributed by atoms with Crippen molar-refractivity contribution in [3.8, 4) is 0 Å². The molecule has 2 heteroatoms. The Morgan fingerprint density at radius 3 is 2.73 bits per heavy atom. The van der Waals surface area contributed by atoms with Crippen LogP contribution < -0.4 is 0 Å². The highest BCUT2D eigenvalue weighted by atomic mass is 127. The van der Waals surface area contributed by atoms with E-state index < -0.39 is 0 Å². The second-order valence-corrected chi connectivity index (χ2v) is 4.01. The second-order valence-electron chi connectivity index (χ2n) is 2.62. The molecule has 0 saturated carbocycles. The molecule has 0 aliphatic rings. The van der Waals surface area contributed by atoms with Crippen molar-refractivity contribution in [2.75, 3.05) is 6.61 Å². The zero-order valence-electron chi connectivity index (χ0n) is 7.15. The van der Waals surface area contributed by atoms with Crippen LogP contribution in [-0.4, -0.2) is 11.7 Å². The average Bonchev–Trinajstić information content (AvgIpc) is 1.99. The van der Waals surface area contributed by atoms with E-state index in [4.69, 9.17) is 5.11 Å². The molecule has 0 aliphatic carbocycles. The molecular formula is C9H17IO. The highest BCUT2D eigenvalue weighted by Gasteiger charge is 1.89. The Kier molecular flexibility index (Phi) is 8.86. The molecule has 66 valence electrons. The molecule has 0 unspecified atom stereocenters. The normalized spacial score (nSPS) is 12.1. The predicted molar refractivity (Wildman–Crippen MR) is 57.9 cm³/mol. The second kappa shape index (κ2) is 8.53. The van der Waals surface area contributed by atoms with Crippen LogP contribution >= 0.6 is 22.6 Å². The van der Waals surface area contributed by atoms with Crippen molar-refractivity contribution in [3.05, 3.63) is 9.66 Å². The largest absolute Gasteiger partial charge is 0.396 e. The van der Waals surface area contributed by atoms with Gasteiger partial charge in [-0.2, -0.15) is 0 Å². The van der Waals surface area contributed by atoms with Crippen LogP contribution in [0.5, 0.6) is 0 Å². The fourth-order valence-corrected chi connectivity index (χ4v) is 1.41. The van der Waals surface area contributed by atoms with Crippen LogP contribution in [0.3, 0.4) is 0 Å². The maximum absolute atomic E-state index is 8.59. The monoisotopic (exact) mass is 268 g/mol. The molecule has 0 aliphatic heterocycles. The van der Waals surface area contributed by atoms with Gasteiger partial charge in [-0.15, -0.1) is 0 Å². The van der Waals surface area contributed by atoms with Crippen molar-refractivity contribution >= 4 is 22.6 Å². The van der Waals surface area contributed by atoms with Gasteiger partial charge in [0.05, 0.1) is 0 Å². The molecule has 0 saturated heterocycles. The molecule has 0 amide bonds. The summed E-state index contributed by atoms with van der Waals surface area (Å²) in [5.41, 5.74) is 0. The van der Waals surface area contributed by atoms with Gasteiger partial charge in [-0.25, -0.2) is 0 Å². The Balaban J connectivity index is 3.24. The van der Waals surface area contributed by atoms with Crippen molar-refractivity contribution < 1.29 is 5.11 Å². The SMILES string of the molecule is CCCCC/C=C(\I)CCO. The topological polar surface area (TPSA) is 20.2 Å². The van der Waals surface area contributed by atoms with Crippen LogP contribution in [0.2, 0.25) is 0 Å². The summed E-state index contributed by atoms with van der Waals surface area (Å²) < 4.78 is 1.29. The zero-order chi connectivity index (χ0) is 8.53. The predicted octanol–water partition coefficient (Wildman–Crippen LogP) is 3.27. The van der Waals surface area contributed by atoms with E-state index in [0.717, 1.165) is 6.42 Å². The summed E-state index contributed by atoms with van der Waals surface area (Å²) in [7, 11) is 0. The molecule has 0 atom stereocenters. The van der Waals surface area contributed by atoms with Crippen molar-refractivity contribution in [1.29, 1.82) is 0 Å². The standard InChI is InChI=1S/C9H17IO/c1-2-3-4-5-6-9(10)7-8-11/h6,11H,2-5,7-8H2,1H3/b9-6-. The number of halogens is 1. The first-order chi connectivity index (χ1) is 5.31. The lowest BCUT2D eigenvalue weighted by atomic mass is 10.2. The van der Waals surface area contributed by atoms with Crippen molar-refractivity contribution in [1.82, 2.24) is 0 Å². The number of hydrogen-bond donors (Lipinski definition) is 1. The summed E-state index contributed by atoms with van der Waals surface area (Å²) in [5, 5.41) is 8.59. The zero-order valence-corrected chi connectivity index (χ0v) is 9.30. The van der Waals surface area contributed by atoms with Crippen LogP contribution in [0.25, 0.3) is 0 Å². The molecular weight excluding hydrogens is 251 g/mol. The van der Waals surface area contributed by atoms with Gasteiger partial charge in [-0.05, 0) is 39.0 Å². The van der Waals surface area contributed by atoms with Gasteiger partial charge in [0.2, 0.25) is 0 Å². The van der Waals surface area contributed by atoms with E-state index in [9.17, 15) is 0 Å². The molecule has 0 fully saturated rings. The summed E-state index contributed by atoms with van der Waals surface area (Å²) in [4.78, 5) is 0. The van der Waals surface area contributed by atoms with E-state index in [1.165, 1.54) is 29.3 Å². The number of rotatable bonds is 6. The fraction of sp³-hybridized carbons (Fsp3) is 0.778. The van der Waals surface area contributed by atoms with Gasteiger partial charge in [-0.1, -0.05) is 25.8 Å². The Morgan fingerprint density at radius 2 is 2.18 bits per heavy atom. The van der Waals surface area contributed by atoms with Gasteiger partial charge in [0.15, 0.2) is 0 Å². The smallest absolute Gasteiger partial charge is 0.0475 e. The Bertz CT molecular complexity index is 110. The van der Waals surface area contributed by atoms with E-state index in [1.54, 1.807) is 0 Å². The average molecular weight is 268 g/mol. The summed E-state index contributed by atoms with van der Waals surface area (Å²) in [5.74, 6) is 0. The molecule has 11 heavy (non-hydrogen) atoms. The first-order valence-electron chi connectivity index (χ1n) is 4.26. The molecule has 0 rings (SSSR count). The third-order valence-electron chi connectivity index (χ3n) is 1.52. The lowest BCUT2D eigenvalue weighted by Crippen LogP contribution is -1.81. The number of unbranched alkanes of at least 4 members (excludes halogenated alkanes) is 3. The first-order valence-corrected chi connectivity index (χ1v) is 5.34. The van der Waals surface area contributed by atoms with Gasteiger partial charge in [0.1, 0.15) is 0 Å². The van der Waals surface area contributed by atoms with E-state index >= 15 is 0 Å². The molecule has 0 heterocycles. The third kappa shape index (κ3) is 8.34. The van der Waals surface area contributed by atoms with Gasteiger partial charge < -0.3 is 5.11 Å². The van der Waals surface area contributed by atoms with Crippen molar-refractivity contribution in [2.24, 2.45) is 0 Å². The molecule has 0 aromatic carbocycles. The molecule has 0 aromatic rings. The molecule has 1 N–H and O–H groups in total. The van der Waals surface area contributed by atoms with Crippen LogP contribution in [0.1, 0.15) is 39.0 Å². The van der Waals surface area contributed by atoms with Crippen LogP contribution in [0.15, 0.2) is 9.66 Å². The third-order valence-corrected chi connectivity index (χ3v) is 2.50. The van der Waals surface area contributed by atoms with Gasteiger partial charge in [-0.3, -0.25) is 0 Å². The molecule has 0 radical (unpaired) electrons. The minimum Gasteiger partial charge on any atom is -0.396 e. The van der Waals surface area contributed by atoms with E-state index in [-0.39, 0.29) is 6.61 Å². The molecule has 0 spiro atoms. The lowest BCUT2D eigenvalue weighted by molar-refractivity contribution is 0.302. The number of hydrogen-bond acceptors (Lipinski definition) is 1. The maximum Gasteiger partial charge on any atom is 0.0475 e. The molecule has 1 nitrogen and oxygen atoms in total. The Hall–Kier alpha value is 0.430. The van der Waals surface area contributed by atoms with Crippen molar-refractivity contribution in [2.45, 2.75) is 39.0 Å². The Labute approximate surface area is 83.0 Å². The van der Waals surface area contributed by atoms with E-state index in [1.807, 2.05) is 0 Å². The van der Waals surface area contributed by atoms with Gasteiger partial charge in [0.25, 0.3) is 0 Å². The summed E-state index contributed by atoms with van der Waals surface area (Å²) in [6, 6.07) is 0. The summed E-state index contributed by atoms with van der Waals surface area (Å²) in [6.45, 7) is 2.49. The van der Waals surface area contributed by atoms with Crippen LogP contribution in [0, 0.1) is 0 Å². The quantitative estimate of drug-likeness (QED) is 0.579. The first kappa shape index (κ1) is 11.4. The molecule has 0 aromatic heterocycles. The highest BCUT2D eigenvalue weighted by molar-refractivity contribution is 14.1. The number of aliphatic hydroxyl groups excluding tert-OH is 1.